The maximum Gasteiger partial charge on any atom is 0.213 e. The highest BCUT2D eigenvalue weighted by Gasteiger charge is 2.16. The lowest BCUT2D eigenvalue weighted by molar-refractivity contribution is -0.617. The fourth-order valence-electron chi connectivity index (χ4n) is 2.45. The van der Waals surface area contributed by atoms with Gasteiger partial charge < -0.3 is 5.11 Å². The van der Waals surface area contributed by atoms with E-state index in [-0.39, 0.29) is 5.05 Å². The molecule has 0 spiro atoms. The van der Waals surface area contributed by atoms with Gasteiger partial charge in [0.1, 0.15) is 7.05 Å². The Bertz CT molecular complexity index is 723. The number of aryl methyl sites for hydroxylation is 1. The van der Waals surface area contributed by atoms with E-state index in [9.17, 15) is 5.11 Å². The first kappa shape index (κ1) is 11.1. The normalized spacial score (nSPS) is 10.9. The van der Waals surface area contributed by atoms with Crippen molar-refractivity contribution in [3.05, 3.63) is 54.1 Å². The van der Waals surface area contributed by atoms with Crippen LogP contribution < -0.4 is 9.67 Å². The van der Waals surface area contributed by atoms with Crippen LogP contribution >= 0.6 is 12.2 Å². The van der Waals surface area contributed by atoms with Crippen molar-refractivity contribution in [3.63, 3.8) is 0 Å². The quantitative estimate of drug-likeness (QED) is 0.376. The molecule has 2 nitrogen and oxygen atoms in total. The van der Waals surface area contributed by atoms with E-state index in [4.69, 9.17) is 12.2 Å². The van der Waals surface area contributed by atoms with Gasteiger partial charge in [-0.25, -0.2) is 0 Å². The molecule has 3 heteroatoms. The number of para-hydroxylation sites is 2. The number of hydrogen-bond donors (Lipinski definition) is 0. The second-order valence-electron chi connectivity index (χ2n) is 4.26. The summed E-state index contributed by atoms with van der Waals surface area (Å²) < 4.78 is 2.09. The van der Waals surface area contributed by atoms with E-state index in [2.05, 4.69) is 4.57 Å². The van der Waals surface area contributed by atoms with E-state index >= 15 is 0 Å². The highest BCUT2D eigenvalue weighted by molar-refractivity contribution is 7.80. The molecular formula is C15H11NOS. The van der Waals surface area contributed by atoms with Crippen molar-refractivity contribution in [2.24, 2.45) is 7.05 Å². The Morgan fingerprint density at radius 3 is 1.83 bits per heavy atom. The average Bonchev–Trinajstić information content (AvgIpc) is 2.39. The summed E-state index contributed by atoms with van der Waals surface area (Å²) in [6.45, 7) is 0. The second-order valence-corrected chi connectivity index (χ2v) is 4.63. The lowest BCUT2D eigenvalue weighted by Gasteiger charge is -2.13. The molecule has 3 aromatic rings. The molecule has 0 saturated heterocycles. The van der Waals surface area contributed by atoms with Crippen LogP contribution in [0.5, 0.6) is 0 Å². The van der Waals surface area contributed by atoms with Crippen LogP contribution in [0.15, 0.2) is 48.5 Å². The van der Waals surface area contributed by atoms with Gasteiger partial charge in [-0.1, -0.05) is 36.5 Å². The van der Waals surface area contributed by atoms with Crippen molar-refractivity contribution < 1.29 is 9.67 Å². The second kappa shape index (κ2) is 4.03. The molecule has 0 radical (unpaired) electrons. The summed E-state index contributed by atoms with van der Waals surface area (Å²) in [4.78, 5) is 0. The molecule has 0 fully saturated rings. The van der Waals surface area contributed by atoms with Gasteiger partial charge in [-0.3, -0.25) is 0 Å². The van der Waals surface area contributed by atoms with Gasteiger partial charge in [-0.05, 0) is 17.2 Å². The van der Waals surface area contributed by atoms with Crippen LogP contribution in [0.1, 0.15) is 5.56 Å². The van der Waals surface area contributed by atoms with Crippen molar-refractivity contribution in [1.82, 2.24) is 0 Å². The molecule has 0 aliphatic carbocycles. The Kier molecular flexibility index (Phi) is 2.49. The van der Waals surface area contributed by atoms with Crippen LogP contribution in [0.3, 0.4) is 0 Å². The monoisotopic (exact) mass is 253 g/mol. The molecular weight excluding hydrogens is 242 g/mol. The third-order valence-corrected chi connectivity index (χ3v) is 3.48. The van der Waals surface area contributed by atoms with Gasteiger partial charge in [0.2, 0.25) is 11.0 Å². The Morgan fingerprint density at radius 1 is 0.944 bits per heavy atom. The van der Waals surface area contributed by atoms with Crippen molar-refractivity contribution in [2.45, 2.75) is 0 Å². The summed E-state index contributed by atoms with van der Waals surface area (Å²) in [7, 11) is 2.00. The third kappa shape index (κ3) is 1.48. The van der Waals surface area contributed by atoms with Crippen molar-refractivity contribution in [2.75, 3.05) is 0 Å². The number of aromatic nitrogens is 1. The predicted octanol–water partition coefficient (Wildman–Crippen LogP) is 1.85. The molecule has 2 aromatic carbocycles. The highest BCUT2D eigenvalue weighted by Crippen LogP contribution is 2.24. The van der Waals surface area contributed by atoms with E-state index < -0.39 is 0 Å². The maximum atomic E-state index is 11.8. The molecule has 0 amide bonds. The molecule has 0 unspecified atom stereocenters. The van der Waals surface area contributed by atoms with Gasteiger partial charge in [0, 0.05) is 17.7 Å². The van der Waals surface area contributed by atoms with Gasteiger partial charge in [-0.15, -0.1) is 0 Å². The lowest BCUT2D eigenvalue weighted by Crippen LogP contribution is -2.32. The van der Waals surface area contributed by atoms with Gasteiger partial charge in [-0.2, -0.15) is 4.57 Å². The van der Waals surface area contributed by atoms with Crippen LogP contribution in [-0.2, 0) is 7.05 Å². The first-order valence-corrected chi connectivity index (χ1v) is 6.12. The van der Waals surface area contributed by atoms with E-state index in [1.165, 1.54) is 0 Å². The molecule has 18 heavy (non-hydrogen) atoms. The van der Waals surface area contributed by atoms with Crippen molar-refractivity contribution in [3.8, 4) is 0 Å². The molecule has 0 bridgehead atoms. The fraction of sp³-hybridized carbons (Fsp3) is 0.0667. The molecule has 1 aromatic heterocycles. The summed E-state index contributed by atoms with van der Waals surface area (Å²) in [5.74, 6) is 0. The van der Waals surface area contributed by atoms with Gasteiger partial charge in [0.25, 0.3) is 0 Å². The van der Waals surface area contributed by atoms with E-state index in [1.807, 2.05) is 55.6 Å². The molecule has 1 heterocycles. The zero-order valence-electron chi connectivity index (χ0n) is 9.88. The molecule has 88 valence electrons. The van der Waals surface area contributed by atoms with E-state index in [0.29, 0.717) is 5.56 Å². The Balaban J connectivity index is 2.67. The van der Waals surface area contributed by atoms with Crippen molar-refractivity contribution >= 4 is 39.1 Å². The highest BCUT2D eigenvalue weighted by atomic mass is 32.1. The van der Waals surface area contributed by atoms with Crippen LogP contribution in [0, 0.1) is 0 Å². The smallest absolute Gasteiger partial charge is 0.213 e. The van der Waals surface area contributed by atoms with Crippen LogP contribution in [0.25, 0.3) is 21.8 Å². The zero-order valence-corrected chi connectivity index (χ0v) is 10.7. The van der Waals surface area contributed by atoms with Crippen LogP contribution in [-0.4, -0.2) is 5.05 Å². The average molecular weight is 253 g/mol. The molecule has 0 saturated carbocycles. The van der Waals surface area contributed by atoms with Crippen LogP contribution in [0.4, 0.5) is 0 Å². The predicted molar refractivity (Wildman–Crippen MR) is 74.3 cm³/mol. The van der Waals surface area contributed by atoms with Gasteiger partial charge in [0.05, 0.1) is 10.8 Å². The SMILES string of the molecule is C[n+]1c2ccccc2c(C([O-])=S)c2ccccc21. The summed E-state index contributed by atoms with van der Waals surface area (Å²) in [6, 6.07) is 15.7. The Morgan fingerprint density at radius 2 is 1.39 bits per heavy atom. The number of thiocarbonyl (C=S) groups is 1. The standard InChI is InChI=1S/C15H11NOS/c1-16-12-8-4-2-6-10(12)14(15(17)18)11-7-3-5-9-13(11)16/h2-9H,1H3. The number of benzene rings is 2. The fourth-order valence-corrected chi connectivity index (χ4v) is 2.67. The zero-order chi connectivity index (χ0) is 12.7. The van der Waals surface area contributed by atoms with Gasteiger partial charge >= 0.3 is 0 Å². The topological polar surface area (TPSA) is 26.9 Å². The largest absolute Gasteiger partial charge is 0.864 e. The summed E-state index contributed by atoms with van der Waals surface area (Å²) >= 11 is 4.90. The number of fused-ring (bicyclic) bond motifs is 2. The molecule has 0 aliphatic rings. The number of hydrogen-bond acceptors (Lipinski definition) is 2. The minimum atomic E-state index is -0.303. The Hall–Kier alpha value is -2.00. The summed E-state index contributed by atoms with van der Waals surface area (Å²) in [6.07, 6.45) is 0. The minimum absolute atomic E-state index is 0.303. The molecule has 0 atom stereocenters. The molecule has 3 rings (SSSR count). The lowest BCUT2D eigenvalue weighted by atomic mass is 10.0. The Labute approximate surface area is 110 Å². The minimum Gasteiger partial charge on any atom is -0.864 e. The van der Waals surface area contributed by atoms with E-state index in [1.54, 1.807) is 0 Å². The maximum absolute atomic E-state index is 11.8. The number of rotatable bonds is 1. The number of nitrogens with zero attached hydrogens (tertiary/aromatic N) is 1. The summed E-state index contributed by atoms with van der Waals surface area (Å²) in [5.41, 5.74) is 2.67. The first-order valence-electron chi connectivity index (χ1n) is 5.71. The summed E-state index contributed by atoms with van der Waals surface area (Å²) in [5, 5.41) is 13.3. The third-order valence-electron chi connectivity index (χ3n) is 3.27. The molecule has 0 N–H and O–H groups in total. The van der Waals surface area contributed by atoms with Crippen molar-refractivity contribution in [1.29, 1.82) is 0 Å². The van der Waals surface area contributed by atoms with Crippen LogP contribution in [0.2, 0.25) is 0 Å². The van der Waals surface area contributed by atoms with E-state index in [0.717, 1.165) is 21.8 Å². The molecule has 0 aliphatic heterocycles. The van der Waals surface area contributed by atoms with Gasteiger partial charge in [0.15, 0.2) is 0 Å². The number of pyridine rings is 1. The first-order chi connectivity index (χ1) is 8.70.